The summed E-state index contributed by atoms with van der Waals surface area (Å²) >= 11 is 0. The number of ketones is 2. The normalized spacial score (nSPS) is 37.8. The fraction of sp³-hybridized carbons (Fsp3) is 0.800. The number of piperidine rings is 1. The first-order valence-corrected chi connectivity index (χ1v) is 15.3. The smallest absolute Gasteiger partial charge is 0.350 e. The number of Topliss-reactive ketones (excluding diaryl/α,β-unsaturated/α-hetero) is 2. The number of nitrogens with two attached hydrogens (primary N) is 2. The Morgan fingerprint density at radius 2 is 1.80 bits per heavy atom. The molecule has 0 spiro atoms. The standard InChI is InChI=1S/C30H47N5O5/c1-18(16-23(35-28(32)33-2)19-13-15-34-24(31)17-19)12-14-29-25(36)21-10-6-7-11-22(21)26(37)30(29,40-29)27(38)39-20-8-4-3-5-9-20/h12,19-24,34H,3-11,13-17,31H2,1-2H3,(H3,32,33,35). The lowest BCUT2D eigenvalue weighted by molar-refractivity contribution is -0.163. The average Bonchev–Trinajstić information content (AvgIpc) is 3.67. The van der Waals surface area contributed by atoms with E-state index in [0.29, 0.717) is 31.1 Å². The van der Waals surface area contributed by atoms with Gasteiger partial charge in [0.1, 0.15) is 6.10 Å². The Morgan fingerprint density at radius 1 is 1.12 bits per heavy atom. The van der Waals surface area contributed by atoms with Gasteiger partial charge in [0.15, 0.2) is 23.1 Å². The molecule has 5 fully saturated rings. The molecule has 5 rings (SSSR count). The Kier molecular flexibility index (Phi) is 8.69. The number of epoxide rings is 1. The van der Waals surface area contributed by atoms with Gasteiger partial charge in [-0.25, -0.2) is 4.79 Å². The molecule has 222 valence electrons. The fourth-order valence-corrected chi connectivity index (χ4v) is 7.72. The molecule has 7 atom stereocenters. The van der Waals surface area contributed by atoms with Crippen LogP contribution < -0.4 is 22.1 Å². The SMILES string of the molecule is CN=C(N)NC(CC(C)=CCC12OC1(C(=O)OC1CCCCC1)C(=O)C1CCCCC1C2=O)C1CCNC(N)C1. The zero-order valence-corrected chi connectivity index (χ0v) is 24.1. The highest BCUT2D eigenvalue weighted by Gasteiger charge is 2.87. The van der Waals surface area contributed by atoms with Crippen LogP contribution in [0.1, 0.15) is 90.4 Å². The highest BCUT2D eigenvalue weighted by atomic mass is 16.7. The molecule has 0 aromatic heterocycles. The van der Waals surface area contributed by atoms with Crippen molar-refractivity contribution in [3.63, 3.8) is 0 Å². The molecule has 0 amide bonds. The number of nitrogens with one attached hydrogen (secondary N) is 2. The average molecular weight is 558 g/mol. The molecule has 5 aliphatic rings. The maximum Gasteiger partial charge on any atom is 0.350 e. The molecule has 0 aromatic carbocycles. The van der Waals surface area contributed by atoms with Gasteiger partial charge >= 0.3 is 5.97 Å². The third-order valence-corrected chi connectivity index (χ3v) is 10.1. The Balaban J connectivity index is 1.37. The predicted molar refractivity (Wildman–Crippen MR) is 151 cm³/mol. The van der Waals surface area contributed by atoms with Crippen LogP contribution in [0, 0.1) is 17.8 Å². The number of nitrogens with zero attached hydrogens (tertiary/aromatic N) is 1. The second-order valence-corrected chi connectivity index (χ2v) is 12.7. The first-order valence-electron chi connectivity index (χ1n) is 15.3. The van der Waals surface area contributed by atoms with Crippen molar-refractivity contribution in [2.45, 2.75) is 120 Å². The molecule has 3 aliphatic carbocycles. The van der Waals surface area contributed by atoms with Crippen LogP contribution in [0.4, 0.5) is 0 Å². The van der Waals surface area contributed by atoms with Crippen molar-refractivity contribution >= 4 is 23.5 Å². The monoisotopic (exact) mass is 557 g/mol. The molecule has 2 heterocycles. The zero-order valence-electron chi connectivity index (χ0n) is 24.1. The largest absolute Gasteiger partial charge is 0.460 e. The first-order chi connectivity index (χ1) is 19.2. The van der Waals surface area contributed by atoms with Crippen LogP contribution in [-0.2, 0) is 23.9 Å². The lowest BCUT2D eigenvalue weighted by atomic mass is 9.61. The number of rotatable bonds is 8. The summed E-state index contributed by atoms with van der Waals surface area (Å²) in [5.74, 6) is -1.14. The van der Waals surface area contributed by atoms with Gasteiger partial charge in [0.25, 0.3) is 5.60 Å². The Labute approximate surface area is 237 Å². The van der Waals surface area contributed by atoms with Gasteiger partial charge in [-0.2, -0.15) is 0 Å². The van der Waals surface area contributed by atoms with Crippen LogP contribution in [0.3, 0.4) is 0 Å². The van der Waals surface area contributed by atoms with E-state index < -0.39 is 23.1 Å². The van der Waals surface area contributed by atoms with Gasteiger partial charge in [0.05, 0.1) is 6.17 Å². The minimum atomic E-state index is -1.80. The Morgan fingerprint density at radius 3 is 2.48 bits per heavy atom. The first kappa shape index (κ1) is 29.2. The van der Waals surface area contributed by atoms with E-state index in [1.165, 1.54) is 0 Å². The number of carbonyl (C=O) groups excluding carboxylic acids is 3. The summed E-state index contributed by atoms with van der Waals surface area (Å²) in [5, 5.41) is 6.63. The molecule has 0 bridgehead atoms. The van der Waals surface area contributed by atoms with Crippen molar-refractivity contribution in [2.24, 2.45) is 34.2 Å². The molecule has 10 nitrogen and oxygen atoms in total. The number of carbonyl (C=O) groups is 3. The van der Waals surface area contributed by atoms with Crippen LogP contribution in [0.15, 0.2) is 16.6 Å². The van der Waals surface area contributed by atoms with Crippen LogP contribution in [0.5, 0.6) is 0 Å². The zero-order chi connectivity index (χ0) is 28.5. The van der Waals surface area contributed by atoms with Gasteiger partial charge < -0.3 is 31.6 Å². The quantitative estimate of drug-likeness (QED) is 0.0876. The van der Waals surface area contributed by atoms with Gasteiger partial charge in [0, 0.05) is 31.3 Å². The molecule has 6 N–H and O–H groups in total. The second-order valence-electron chi connectivity index (χ2n) is 12.7. The van der Waals surface area contributed by atoms with Crippen LogP contribution in [0.2, 0.25) is 0 Å². The minimum absolute atomic E-state index is 0.0122. The van der Waals surface area contributed by atoms with E-state index in [0.717, 1.165) is 69.9 Å². The Hall–Kier alpha value is -2.30. The molecule has 40 heavy (non-hydrogen) atoms. The number of guanidine groups is 1. The molecule has 2 aliphatic heterocycles. The van der Waals surface area contributed by atoms with Crippen LogP contribution in [-0.4, -0.2) is 66.6 Å². The highest BCUT2D eigenvalue weighted by molar-refractivity contribution is 6.23. The van der Waals surface area contributed by atoms with Crippen LogP contribution in [0.25, 0.3) is 0 Å². The molecule has 0 aromatic rings. The van der Waals surface area contributed by atoms with Crippen molar-refractivity contribution in [1.82, 2.24) is 10.6 Å². The highest BCUT2D eigenvalue weighted by Crippen LogP contribution is 2.61. The molecule has 10 heteroatoms. The number of aliphatic imine (C=N–C) groups is 1. The van der Waals surface area contributed by atoms with Crippen LogP contribution >= 0.6 is 0 Å². The maximum absolute atomic E-state index is 14.0. The summed E-state index contributed by atoms with van der Waals surface area (Å²) in [7, 11) is 1.65. The fourth-order valence-electron chi connectivity index (χ4n) is 7.72. The summed E-state index contributed by atoms with van der Waals surface area (Å²) in [6.07, 6.45) is 12.1. The lowest BCUT2D eigenvalue weighted by Crippen LogP contribution is -2.58. The summed E-state index contributed by atoms with van der Waals surface area (Å²) in [5.41, 5.74) is 10.0. The number of hydrogen-bond acceptors (Lipinski definition) is 8. The lowest BCUT2D eigenvalue weighted by Gasteiger charge is -2.37. The van der Waals surface area contributed by atoms with Gasteiger partial charge in [-0.05, 0) is 77.2 Å². The molecular weight excluding hydrogens is 510 g/mol. The molecule has 2 saturated heterocycles. The van der Waals surface area contributed by atoms with E-state index >= 15 is 0 Å². The molecule has 7 unspecified atom stereocenters. The van der Waals surface area contributed by atoms with E-state index in [-0.39, 0.29) is 42.2 Å². The summed E-state index contributed by atoms with van der Waals surface area (Å²) in [6, 6.07) is 0.0122. The third kappa shape index (κ3) is 5.34. The number of fused-ring (bicyclic) bond motifs is 2. The number of esters is 1. The topological polar surface area (TPSA) is 161 Å². The van der Waals surface area contributed by atoms with E-state index in [9.17, 15) is 14.4 Å². The van der Waals surface area contributed by atoms with Gasteiger partial charge in [-0.3, -0.25) is 14.6 Å². The molecular formula is C30H47N5O5. The summed E-state index contributed by atoms with van der Waals surface area (Å²) in [6.45, 7) is 2.84. The third-order valence-electron chi connectivity index (χ3n) is 10.1. The van der Waals surface area contributed by atoms with Crippen molar-refractivity contribution < 1.29 is 23.9 Å². The second kappa shape index (κ2) is 11.9. The van der Waals surface area contributed by atoms with E-state index in [1.807, 2.05) is 13.0 Å². The van der Waals surface area contributed by atoms with Crippen molar-refractivity contribution in [3.8, 4) is 0 Å². The minimum Gasteiger partial charge on any atom is -0.460 e. The van der Waals surface area contributed by atoms with E-state index in [1.54, 1.807) is 7.05 Å². The van der Waals surface area contributed by atoms with E-state index in [2.05, 4.69) is 15.6 Å². The predicted octanol–water partition coefficient (Wildman–Crippen LogP) is 2.24. The number of ether oxygens (including phenoxy) is 2. The Bertz CT molecular complexity index is 1060. The maximum atomic E-state index is 14.0. The van der Waals surface area contributed by atoms with Gasteiger partial charge in [-0.15, -0.1) is 0 Å². The van der Waals surface area contributed by atoms with Crippen molar-refractivity contribution in [1.29, 1.82) is 0 Å². The van der Waals surface area contributed by atoms with Crippen molar-refractivity contribution in [3.05, 3.63) is 11.6 Å². The summed E-state index contributed by atoms with van der Waals surface area (Å²) < 4.78 is 12.0. The van der Waals surface area contributed by atoms with Gasteiger partial charge in [-0.1, -0.05) is 30.9 Å². The molecule has 0 radical (unpaired) electrons. The van der Waals surface area contributed by atoms with Crippen molar-refractivity contribution in [2.75, 3.05) is 13.6 Å². The molecule has 3 saturated carbocycles. The van der Waals surface area contributed by atoms with E-state index in [4.69, 9.17) is 20.9 Å². The summed E-state index contributed by atoms with van der Waals surface area (Å²) in [4.78, 5) is 45.7. The number of hydrogen-bond donors (Lipinski definition) is 4. The van der Waals surface area contributed by atoms with Gasteiger partial charge in [0.2, 0.25) is 0 Å².